The van der Waals surface area contributed by atoms with Gasteiger partial charge in [0, 0.05) is 13.1 Å². The average Bonchev–Trinajstić information content (AvgIpc) is 3.04. The Balaban J connectivity index is 2.04. The van der Waals surface area contributed by atoms with Crippen LogP contribution in [-0.2, 0) is 16.5 Å². The molecule has 146 valence electrons. The van der Waals surface area contributed by atoms with Crippen molar-refractivity contribution in [3.8, 4) is 11.3 Å². The third-order valence-corrected chi connectivity index (χ3v) is 5.06. The molecule has 29 heavy (non-hydrogen) atoms. The fraction of sp³-hybridized carbons (Fsp3) is 0.174. The van der Waals surface area contributed by atoms with Crippen LogP contribution in [0.15, 0.2) is 54.3 Å². The first kappa shape index (κ1) is 18.7. The van der Waals surface area contributed by atoms with Gasteiger partial charge >= 0.3 is 5.97 Å². The molecule has 6 nitrogen and oxygen atoms in total. The number of esters is 1. The third-order valence-electron chi connectivity index (χ3n) is 5.06. The molecule has 0 saturated heterocycles. The number of ketones is 2. The summed E-state index contributed by atoms with van der Waals surface area (Å²) >= 11 is 0. The summed E-state index contributed by atoms with van der Waals surface area (Å²) in [4.78, 5) is 38.6. The van der Waals surface area contributed by atoms with E-state index in [9.17, 15) is 14.4 Å². The lowest BCUT2D eigenvalue weighted by Crippen LogP contribution is -2.21. The predicted molar refractivity (Wildman–Crippen MR) is 108 cm³/mol. The molecule has 1 aliphatic carbocycles. The summed E-state index contributed by atoms with van der Waals surface area (Å²) in [6, 6.07) is 13.6. The molecule has 0 unspecified atom stereocenters. The van der Waals surface area contributed by atoms with Crippen molar-refractivity contribution in [2.24, 2.45) is 7.05 Å². The molecule has 0 spiro atoms. The standard InChI is InChI=1S/C23H19NO5/c1-4-29-23(27)19-18-21(16(25)12-17(28-3)22(18)26)24(2)20(19)15-10-9-13-7-5-6-8-14(13)11-15/h5-12H,4H2,1-3H3. The van der Waals surface area contributed by atoms with Crippen molar-refractivity contribution in [2.45, 2.75) is 6.92 Å². The van der Waals surface area contributed by atoms with Gasteiger partial charge in [0.2, 0.25) is 11.6 Å². The number of fused-ring (bicyclic) bond motifs is 2. The second kappa shape index (κ2) is 7.05. The van der Waals surface area contributed by atoms with Crippen molar-refractivity contribution < 1.29 is 23.9 Å². The summed E-state index contributed by atoms with van der Waals surface area (Å²) in [6.45, 7) is 1.84. The maximum absolute atomic E-state index is 13.0. The Morgan fingerprint density at radius 3 is 2.45 bits per heavy atom. The fourth-order valence-corrected chi connectivity index (χ4v) is 3.80. The lowest BCUT2D eigenvalue weighted by atomic mass is 9.94. The van der Waals surface area contributed by atoms with E-state index in [2.05, 4.69) is 0 Å². The minimum atomic E-state index is -0.647. The number of allylic oxidation sites excluding steroid dienone is 2. The highest BCUT2D eigenvalue weighted by Crippen LogP contribution is 2.37. The Hall–Kier alpha value is -3.67. The Bertz CT molecular complexity index is 1220. The minimum absolute atomic E-state index is 0.0264. The number of nitrogens with zero attached hydrogens (tertiary/aromatic N) is 1. The first-order valence-electron chi connectivity index (χ1n) is 9.21. The van der Waals surface area contributed by atoms with Crippen LogP contribution < -0.4 is 0 Å². The average molecular weight is 389 g/mol. The molecule has 0 bridgehead atoms. The topological polar surface area (TPSA) is 74.6 Å². The van der Waals surface area contributed by atoms with E-state index in [1.54, 1.807) is 18.5 Å². The van der Waals surface area contributed by atoms with Crippen LogP contribution in [0, 0.1) is 0 Å². The number of benzene rings is 2. The van der Waals surface area contributed by atoms with Crippen molar-refractivity contribution in [1.82, 2.24) is 4.57 Å². The Kier molecular flexibility index (Phi) is 4.54. The van der Waals surface area contributed by atoms with Gasteiger partial charge in [-0.25, -0.2) is 4.79 Å². The van der Waals surface area contributed by atoms with E-state index < -0.39 is 17.5 Å². The first-order chi connectivity index (χ1) is 14.0. The summed E-state index contributed by atoms with van der Waals surface area (Å²) in [6.07, 6.45) is 1.16. The monoisotopic (exact) mass is 389 g/mol. The second-order valence-electron chi connectivity index (χ2n) is 6.69. The molecule has 1 aliphatic rings. The molecular weight excluding hydrogens is 370 g/mol. The maximum atomic E-state index is 13.0. The fourth-order valence-electron chi connectivity index (χ4n) is 3.80. The molecule has 4 rings (SSSR count). The van der Waals surface area contributed by atoms with Crippen LogP contribution in [0.2, 0.25) is 0 Å². The molecule has 0 aliphatic heterocycles. The molecule has 0 amide bonds. The van der Waals surface area contributed by atoms with Gasteiger partial charge in [0.15, 0.2) is 5.76 Å². The number of hydrogen-bond donors (Lipinski definition) is 0. The lowest BCUT2D eigenvalue weighted by Gasteiger charge is -2.12. The Labute approximate surface area is 167 Å². The molecule has 1 aromatic heterocycles. The van der Waals surface area contributed by atoms with Gasteiger partial charge in [-0.15, -0.1) is 0 Å². The number of rotatable bonds is 4. The number of aromatic nitrogens is 1. The molecule has 0 fully saturated rings. The van der Waals surface area contributed by atoms with E-state index in [0.717, 1.165) is 16.8 Å². The van der Waals surface area contributed by atoms with Crippen LogP contribution >= 0.6 is 0 Å². The van der Waals surface area contributed by atoms with E-state index in [0.29, 0.717) is 11.3 Å². The molecule has 0 atom stereocenters. The van der Waals surface area contributed by atoms with Gasteiger partial charge in [0.05, 0.1) is 30.5 Å². The van der Waals surface area contributed by atoms with Gasteiger partial charge in [0.25, 0.3) is 0 Å². The van der Waals surface area contributed by atoms with Crippen molar-refractivity contribution >= 4 is 28.3 Å². The molecule has 3 aromatic rings. The maximum Gasteiger partial charge on any atom is 0.341 e. The van der Waals surface area contributed by atoms with Gasteiger partial charge in [-0.1, -0.05) is 36.4 Å². The summed E-state index contributed by atoms with van der Waals surface area (Å²) in [5.74, 6) is -1.64. The van der Waals surface area contributed by atoms with E-state index in [1.165, 1.54) is 7.11 Å². The molecule has 2 aromatic carbocycles. The van der Waals surface area contributed by atoms with Crippen LogP contribution in [0.25, 0.3) is 22.0 Å². The first-order valence-corrected chi connectivity index (χ1v) is 9.21. The Morgan fingerprint density at radius 2 is 1.76 bits per heavy atom. The minimum Gasteiger partial charge on any atom is -0.492 e. The van der Waals surface area contributed by atoms with E-state index in [1.807, 2.05) is 42.5 Å². The van der Waals surface area contributed by atoms with Crippen LogP contribution in [0.4, 0.5) is 0 Å². The van der Waals surface area contributed by atoms with Gasteiger partial charge in [-0.3, -0.25) is 9.59 Å². The zero-order valence-electron chi connectivity index (χ0n) is 16.3. The van der Waals surface area contributed by atoms with Gasteiger partial charge in [-0.05, 0) is 29.3 Å². The number of carbonyl (C=O) groups excluding carboxylic acids is 3. The summed E-state index contributed by atoms with van der Waals surface area (Å²) in [5.41, 5.74) is 1.44. The second-order valence-corrected chi connectivity index (χ2v) is 6.69. The van der Waals surface area contributed by atoms with Gasteiger partial charge in [0.1, 0.15) is 5.69 Å². The molecule has 0 radical (unpaired) electrons. The number of ether oxygens (including phenoxy) is 2. The molecule has 1 heterocycles. The smallest absolute Gasteiger partial charge is 0.341 e. The van der Waals surface area contributed by atoms with Gasteiger partial charge < -0.3 is 14.0 Å². The van der Waals surface area contributed by atoms with E-state index >= 15 is 0 Å². The normalized spacial score (nSPS) is 13.3. The SMILES string of the molecule is CCOC(=O)c1c2c(n(C)c1-c1ccc3ccccc3c1)C(=O)C=C(OC)C2=O. The Morgan fingerprint density at radius 1 is 1.03 bits per heavy atom. The van der Waals surface area contributed by atoms with Crippen molar-refractivity contribution in [3.63, 3.8) is 0 Å². The van der Waals surface area contributed by atoms with Crippen LogP contribution in [0.5, 0.6) is 0 Å². The summed E-state index contributed by atoms with van der Waals surface area (Å²) in [5, 5.41) is 2.02. The van der Waals surface area contributed by atoms with Crippen LogP contribution in [0.3, 0.4) is 0 Å². The van der Waals surface area contributed by atoms with E-state index in [-0.39, 0.29) is 29.2 Å². The summed E-state index contributed by atoms with van der Waals surface area (Å²) < 4.78 is 11.9. The highest BCUT2D eigenvalue weighted by atomic mass is 16.5. The predicted octanol–water partition coefficient (Wildman–Crippen LogP) is 3.93. The highest BCUT2D eigenvalue weighted by molar-refractivity contribution is 6.27. The molecule has 0 saturated carbocycles. The van der Waals surface area contributed by atoms with Crippen molar-refractivity contribution in [1.29, 1.82) is 0 Å². The number of Topliss-reactive ketones (excluding diaryl/α,β-unsaturated/α-hetero) is 1. The zero-order valence-corrected chi connectivity index (χ0v) is 16.3. The van der Waals surface area contributed by atoms with Crippen LogP contribution in [-0.4, -0.2) is 35.8 Å². The quantitative estimate of drug-likeness (QED) is 0.632. The third kappa shape index (κ3) is 2.84. The largest absolute Gasteiger partial charge is 0.492 e. The van der Waals surface area contributed by atoms with Crippen molar-refractivity contribution in [2.75, 3.05) is 13.7 Å². The highest BCUT2D eigenvalue weighted by Gasteiger charge is 2.38. The van der Waals surface area contributed by atoms with Gasteiger partial charge in [-0.2, -0.15) is 0 Å². The molecular formula is C23H19NO5. The van der Waals surface area contributed by atoms with Crippen LogP contribution in [0.1, 0.15) is 38.1 Å². The summed E-state index contributed by atoms with van der Waals surface area (Å²) in [7, 11) is 2.99. The number of methoxy groups -OCH3 is 1. The zero-order chi connectivity index (χ0) is 20.7. The van der Waals surface area contributed by atoms with Crippen molar-refractivity contribution in [3.05, 3.63) is 71.1 Å². The molecule has 6 heteroatoms. The number of carbonyl (C=O) groups is 3. The lowest BCUT2D eigenvalue weighted by molar-refractivity contribution is 0.0524. The molecule has 0 N–H and O–H groups in total. The van der Waals surface area contributed by atoms with E-state index in [4.69, 9.17) is 9.47 Å². The number of hydrogen-bond acceptors (Lipinski definition) is 5.